The third kappa shape index (κ3) is 4.05. The van der Waals surface area contributed by atoms with E-state index in [1.807, 2.05) is 0 Å². The van der Waals surface area contributed by atoms with Gasteiger partial charge in [0.25, 0.3) is 0 Å². The summed E-state index contributed by atoms with van der Waals surface area (Å²) in [6.45, 7) is 18.2. The average molecular weight is 309 g/mol. The van der Waals surface area contributed by atoms with Crippen LogP contribution in [0.2, 0.25) is 0 Å². The third-order valence-electron chi connectivity index (χ3n) is 4.60. The second-order valence-electron chi connectivity index (χ2n) is 9.03. The highest BCUT2D eigenvalue weighted by atomic mass is 14.2. The molecule has 2 aromatic carbocycles. The van der Waals surface area contributed by atoms with Crippen molar-refractivity contribution >= 4 is 0 Å². The van der Waals surface area contributed by atoms with Gasteiger partial charge in [-0.2, -0.15) is 0 Å². The molecule has 0 saturated carbocycles. The molecule has 2 rings (SSSR count). The number of rotatable bonds is 2. The lowest BCUT2D eigenvalue weighted by molar-refractivity contribution is 0.588. The van der Waals surface area contributed by atoms with Gasteiger partial charge in [0.1, 0.15) is 0 Å². The Balaban J connectivity index is 2.51. The minimum Gasteiger partial charge on any atom is -0.0587 e. The van der Waals surface area contributed by atoms with Gasteiger partial charge in [0.2, 0.25) is 0 Å². The van der Waals surface area contributed by atoms with Gasteiger partial charge >= 0.3 is 0 Å². The van der Waals surface area contributed by atoms with Crippen LogP contribution in [-0.2, 0) is 10.8 Å². The van der Waals surface area contributed by atoms with Gasteiger partial charge in [-0.05, 0) is 44.6 Å². The molecular weight excluding hydrogens is 276 g/mol. The molecule has 0 bridgehead atoms. The third-order valence-corrected chi connectivity index (χ3v) is 4.60. The van der Waals surface area contributed by atoms with Gasteiger partial charge in [-0.25, -0.2) is 0 Å². The summed E-state index contributed by atoms with van der Waals surface area (Å²) >= 11 is 0. The highest BCUT2D eigenvalue weighted by Crippen LogP contribution is 2.34. The van der Waals surface area contributed by atoms with Gasteiger partial charge < -0.3 is 0 Å². The second-order valence-corrected chi connectivity index (χ2v) is 9.03. The van der Waals surface area contributed by atoms with Gasteiger partial charge in [-0.1, -0.05) is 97.9 Å². The highest BCUT2D eigenvalue weighted by molar-refractivity contribution is 5.69. The first-order valence-corrected chi connectivity index (χ1v) is 8.75. The molecule has 124 valence electrons. The Labute approximate surface area is 143 Å². The first-order chi connectivity index (χ1) is 10.5. The number of benzene rings is 2. The van der Waals surface area contributed by atoms with E-state index in [2.05, 4.69) is 97.9 Å². The van der Waals surface area contributed by atoms with Gasteiger partial charge in [0.05, 0.1) is 0 Å². The minimum atomic E-state index is 0.193. The molecule has 23 heavy (non-hydrogen) atoms. The zero-order valence-corrected chi connectivity index (χ0v) is 16.1. The largest absolute Gasteiger partial charge is 0.0587 e. The fraction of sp³-hybridized carbons (Fsp3) is 0.478. The molecular formula is C23H32. The monoisotopic (exact) mass is 308 g/mol. The van der Waals surface area contributed by atoms with Crippen LogP contribution >= 0.6 is 0 Å². The Morgan fingerprint density at radius 1 is 0.652 bits per heavy atom. The number of hydrogen-bond donors (Lipinski definition) is 0. The normalized spacial score (nSPS) is 12.7. The predicted molar refractivity (Wildman–Crippen MR) is 103 cm³/mol. The van der Waals surface area contributed by atoms with Crippen molar-refractivity contribution in [2.45, 2.75) is 72.1 Å². The molecule has 0 radical (unpaired) electrons. The molecule has 2 aromatic rings. The van der Waals surface area contributed by atoms with Crippen LogP contribution in [0.4, 0.5) is 0 Å². The van der Waals surface area contributed by atoms with Gasteiger partial charge in [-0.15, -0.1) is 0 Å². The summed E-state index contributed by atoms with van der Waals surface area (Å²) < 4.78 is 0. The van der Waals surface area contributed by atoms with Gasteiger partial charge in [0, 0.05) is 0 Å². The molecule has 0 unspecified atom stereocenters. The maximum absolute atomic E-state index is 2.40. The number of hydrogen-bond acceptors (Lipinski definition) is 0. The molecule has 0 N–H and O–H groups in total. The topological polar surface area (TPSA) is 0 Å². The van der Waals surface area contributed by atoms with Crippen molar-refractivity contribution in [2.24, 2.45) is 0 Å². The summed E-state index contributed by atoms with van der Waals surface area (Å²) in [5, 5.41) is 0. The van der Waals surface area contributed by atoms with Crippen molar-refractivity contribution in [3.63, 3.8) is 0 Å². The highest BCUT2D eigenvalue weighted by Gasteiger charge is 2.18. The Hall–Kier alpha value is -1.56. The lowest BCUT2D eigenvalue weighted by Gasteiger charge is -2.23. The fourth-order valence-electron chi connectivity index (χ4n) is 2.92. The van der Waals surface area contributed by atoms with Crippen LogP contribution < -0.4 is 0 Å². The molecule has 0 aromatic heterocycles. The average Bonchev–Trinajstić information content (AvgIpc) is 2.45. The van der Waals surface area contributed by atoms with Gasteiger partial charge in [-0.3, -0.25) is 0 Å². The van der Waals surface area contributed by atoms with Crippen LogP contribution in [0.5, 0.6) is 0 Å². The molecule has 0 amide bonds. The van der Waals surface area contributed by atoms with Crippen LogP contribution in [-0.4, -0.2) is 0 Å². The predicted octanol–water partition coefficient (Wildman–Crippen LogP) is 7.07. The molecule has 0 aliphatic rings. The Bertz CT molecular complexity index is 659. The summed E-state index contributed by atoms with van der Waals surface area (Å²) in [7, 11) is 0. The lowest BCUT2D eigenvalue weighted by atomic mass is 9.81. The molecule has 0 aliphatic carbocycles. The maximum Gasteiger partial charge on any atom is -0.0132 e. The molecule has 0 saturated heterocycles. The summed E-state index contributed by atoms with van der Waals surface area (Å²) in [6, 6.07) is 16.1. The molecule has 0 nitrogen and oxygen atoms in total. The molecule has 0 heterocycles. The van der Waals surface area contributed by atoms with Crippen molar-refractivity contribution in [1.29, 1.82) is 0 Å². The van der Waals surface area contributed by atoms with E-state index in [-0.39, 0.29) is 10.8 Å². The Morgan fingerprint density at radius 2 is 1.13 bits per heavy atom. The van der Waals surface area contributed by atoms with Crippen LogP contribution in [0.15, 0.2) is 42.5 Å². The first kappa shape index (κ1) is 17.8. The maximum atomic E-state index is 2.40. The van der Waals surface area contributed by atoms with E-state index in [0.717, 1.165) is 0 Å². The second kappa shape index (κ2) is 6.15. The molecule has 0 heteroatoms. The van der Waals surface area contributed by atoms with E-state index in [0.29, 0.717) is 5.92 Å². The molecule has 0 fully saturated rings. The van der Waals surface area contributed by atoms with Crippen molar-refractivity contribution in [3.05, 3.63) is 59.2 Å². The SMILES string of the molecule is CC(C)c1cc(C(C)(C)C)ccc1-c1ccc(C(C)(C)C)cc1. The zero-order valence-electron chi connectivity index (χ0n) is 16.1. The van der Waals surface area contributed by atoms with Crippen molar-refractivity contribution in [2.75, 3.05) is 0 Å². The summed E-state index contributed by atoms with van der Waals surface area (Å²) in [4.78, 5) is 0. The van der Waals surface area contributed by atoms with E-state index in [9.17, 15) is 0 Å². The van der Waals surface area contributed by atoms with Crippen molar-refractivity contribution < 1.29 is 0 Å². The minimum absolute atomic E-state index is 0.193. The zero-order chi connectivity index (χ0) is 17.4. The van der Waals surface area contributed by atoms with Crippen LogP contribution in [0.1, 0.15) is 78.0 Å². The standard InChI is InChI=1S/C23H32/c1-16(2)21-15-19(23(6,7)8)13-14-20(21)17-9-11-18(12-10-17)22(3,4)5/h9-16H,1-8H3. The van der Waals surface area contributed by atoms with Gasteiger partial charge in [0.15, 0.2) is 0 Å². The summed E-state index contributed by atoms with van der Waals surface area (Å²) in [6.07, 6.45) is 0. The van der Waals surface area contributed by atoms with E-state index in [1.165, 1.54) is 27.8 Å². The molecule has 0 spiro atoms. The lowest BCUT2D eigenvalue weighted by Crippen LogP contribution is -2.12. The van der Waals surface area contributed by atoms with Crippen LogP contribution in [0, 0.1) is 0 Å². The molecule has 0 atom stereocenters. The van der Waals surface area contributed by atoms with Crippen molar-refractivity contribution in [3.8, 4) is 11.1 Å². The van der Waals surface area contributed by atoms with E-state index < -0.39 is 0 Å². The van der Waals surface area contributed by atoms with E-state index in [4.69, 9.17) is 0 Å². The van der Waals surface area contributed by atoms with Crippen LogP contribution in [0.3, 0.4) is 0 Å². The van der Waals surface area contributed by atoms with E-state index >= 15 is 0 Å². The fourth-order valence-corrected chi connectivity index (χ4v) is 2.92. The van der Waals surface area contributed by atoms with Crippen molar-refractivity contribution in [1.82, 2.24) is 0 Å². The summed E-state index contributed by atoms with van der Waals surface area (Å²) in [5.74, 6) is 0.523. The smallest absolute Gasteiger partial charge is 0.0132 e. The Kier molecular flexibility index (Phi) is 4.76. The molecule has 0 aliphatic heterocycles. The first-order valence-electron chi connectivity index (χ1n) is 8.75. The van der Waals surface area contributed by atoms with Crippen LogP contribution in [0.25, 0.3) is 11.1 Å². The summed E-state index contributed by atoms with van der Waals surface area (Å²) in [5.41, 5.74) is 7.33. The van der Waals surface area contributed by atoms with E-state index in [1.54, 1.807) is 0 Å². The Morgan fingerprint density at radius 3 is 1.57 bits per heavy atom. The quantitative estimate of drug-likeness (QED) is 0.556.